The molecule has 1 N–H and O–H groups in total. The molecule has 0 saturated carbocycles. The monoisotopic (exact) mass is 278 g/mol. The summed E-state index contributed by atoms with van der Waals surface area (Å²) >= 11 is 0. The van der Waals surface area contributed by atoms with Gasteiger partial charge in [0, 0.05) is 17.7 Å². The second kappa shape index (κ2) is 8.00. The Labute approximate surface area is 121 Å². The molecule has 0 spiro atoms. The first-order valence-electron chi connectivity index (χ1n) is 7.54. The van der Waals surface area contributed by atoms with E-state index in [-0.39, 0.29) is 10.6 Å². The van der Waals surface area contributed by atoms with Crippen LogP contribution in [0.1, 0.15) is 44.7 Å². The van der Waals surface area contributed by atoms with Crippen LogP contribution in [0.5, 0.6) is 0 Å². The summed E-state index contributed by atoms with van der Waals surface area (Å²) in [5.41, 5.74) is 2.14. The van der Waals surface area contributed by atoms with Gasteiger partial charge in [-0.1, -0.05) is 32.9 Å². The Morgan fingerprint density at radius 2 is 2.05 bits per heavy atom. The van der Waals surface area contributed by atoms with Gasteiger partial charge >= 0.3 is 0 Å². The Kier molecular flexibility index (Phi) is 6.65. The first-order chi connectivity index (χ1) is 9.58. The molecule has 4 nitrogen and oxygen atoms in total. The molecule has 0 aromatic heterocycles. The molecule has 1 fully saturated rings. The molecule has 2 atom stereocenters. The molecule has 112 valence electrons. The molecule has 1 aromatic carbocycles. The van der Waals surface area contributed by atoms with E-state index in [9.17, 15) is 10.1 Å². The van der Waals surface area contributed by atoms with E-state index < -0.39 is 0 Å². The largest absolute Gasteiger partial charge is 0.313 e. The summed E-state index contributed by atoms with van der Waals surface area (Å²) in [6, 6.07) is 5.82. The van der Waals surface area contributed by atoms with Crippen molar-refractivity contribution in [3.8, 4) is 0 Å². The van der Waals surface area contributed by atoms with Gasteiger partial charge in [-0.2, -0.15) is 0 Å². The van der Waals surface area contributed by atoms with E-state index in [4.69, 9.17) is 0 Å². The normalized spacial score (nSPS) is 21.8. The molecule has 1 heterocycles. The van der Waals surface area contributed by atoms with Crippen LogP contribution in [-0.2, 0) is 6.42 Å². The van der Waals surface area contributed by atoms with Crippen molar-refractivity contribution in [1.82, 2.24) is 5.32 Å². The minimum Gasteiger partial charge on any atom is -0.313 e. The Hall–Kier alpha value is -1.42. The number of hydrogen-bond acceptors (Lipinski definition) is 3. The maximum Gasteiger partial charge on any atom is 0.272 e. The first-order valence-corrected chi connectivity index (χ1v) is 7.54. The van der Waals surface area contributed by atoms with E-state index in [1.807, 2.05) is 26.8 Å². The summed E-state index contributed by atoms with van der Waals surface area (Å²) in [4.78, 5) is 10.6. The van der Waals surface area contributed by atoms with Crippen molar-refractivity contribution in [1.29, 1.82) is 0 Å². The van der Waals surface area contributed by atoms with Crippen molar-refractivity contribution in [2.75, 3.05) is 6.54 Å². The molecular formula is C16H26N2O2. The molecule has 1 aliphatic heterocycles. The van der Waals surface area contributed by atoms with Crippen molar-refractivity contribution in [3.63, 3.8) is 0 Å². The molecular weight excluding hydrogens is 252 g/mol. The van der Waals surface area contributed by atoms with E-state index in [2.05, 4.69) is 12.2 Å². The van der Waals surface area contributed by atoms with Crippen LogP contribution in [0.4, 0.5) is 5.69 Å². The van der Waals surface area contributed by atoms with Gasteiger partial charge in [0.25, 0.3) is 5.69 Å². The fourth-order valence-electron chi connectivity index (χ4n) is 2.59. The molecule has 2 unspecified atom stereocenters. The van der Waals surface area contributed by atoms with Gasteiger partial charge in [-0.3, -0.25) is 10.1 Å². The van der Waals surface area contributed by atoms with Gasteiger partial charge in [0.2, 0.25) is 0 Å². The third-order valence-corrected chi connectivity index (χ3v) is 3.84. The maximum atomic E-state index is 10.9. The molecule has 0 radical (unpaired) electrons. The van der Waals surface area contributed by atoms with Crippen LogP contribution >= 0.6 is 0 Å². The highest BCUT2D eigenvalue weighted by Gasteiger charge is 2.20. The molecule has 2 rings (SSSR count). The van der Waals surface area contributed by atoms with E-state index in [1.54, 1.807) is 12.1 Å². The van der Waals surface area contributed by atoms with Gasteiger partial charge in [-0.15, -0.1) is 0 Å². The standard InChI is InChI=1S/C14H20N2O2.C2H6/c1-10-6-7-13(15-9-10)8-12-4-3-5-14(11(12)2)16(17)18;1-2/h3-5,10,13,15H,6-9H2,1-2H3;1-2H3. The molecule has 0 aliphatic carbocycles. The number of nitrogens with one attached hydrogen (secondary N) is 1. The van der Waals surface area contributed by atoms with Crippen molar-refractivity contribution in [3.05, 3.63) is 39.4 Å². The molecule has 1 aliphatic rings. The Morgan fingerprint density at radius 3 is 2.60 bits per heavy atom. The van der Waals surface area contributed by atoms with Gasteiger partial charge in [0.15, 0.2) is 0 Å². The predicted octanol–water partition coefficient (Wildman–Crippen LogP) is 3.86. The van der Waals surface area contributed by atoms with Crippen molar-refractivity contribution in [2.45, 2.75) is 53.0 Å². The fourth-order valence-corrected chi connectivity index (χ4v) is 2.59. The third kappa shape index (κ3) is 4.30. The highest BCUT2D eigenvalue weighted by molar-refractivity contribution is 5.44. The number of hydrogen-bond donors (Lipinski definition) is 1. The van der Waals surface area contributed by atoms with Gasteiger partial charge in [0.05, 0.1) is 4.92 Å². The number of nitro benzene ring substituents is 1. The average molecular weight is 278 g/mol. The van der Waals surface area contributed by atoms with E-state index in [0.29, 0.717) is 6.04 Å². The lowest BCUT2D eigenvalue weighted by Crippen LogP contribution is -2.39. The van der Waals surface area contributed by atoms with Gasteiger partial charge < -0.3 is 5.32 Å². The predicted molar refractivity (Wildman–Crippen MR) is 83.1 cm³/mol. The van der Waals surface area contributed by atoms with Crippen molar-refractivity contribution >= 4 is 5.69 Å². The van der Waals surface area contributed by atoms with Gasteiger partial charge in [0.1, 0.15) is 0 Å². The second-order valence-electron chi connectivity index (χ2n) is 5.31. The lowest BCUT2D eigenvalue weighted by Gasteiger charge is -2.28. The molecule has 1 aromatic rings. The van der Waals surface area contributed by atoms with Crippen LogP contribution in [-0.4, -0.2) is 17.5 Å². The van der Waals surface area contributed by atoms with Crippen LogP contribution in [0.3, 0.4) is 0 Å². The Morgan fingerprint density at radius 1 is 1.35 bits per heavy atom. The molecule has 20 heavy (non-hydrogen) atoms. The number of rotatable bonds is 3. The van der Waals surface area contributed by atoms with Crippen LogP contribution in [0, 0.1) is 23.0 Å². The van der Waals surface area contributed by atoms with Gasteiger partial charge in [-0.05, 0) is 44.2 Å². The quantitative estimate of drug-likeness (QED) is 0.674. The van der Waals surface area contributed by atoms with Crippen molar-refractivity contribution in [2.24, 2.45) is 5.92 Å². The average Bonchev–Trinajstić information content (AvgIpc) is 2.45. The second-order valence-corrected chi connectivity index (χ2v) is 5.31. The third-order valence-electron chi connectivity index (χ3n) is 3.84. The smallest absolute Gasteiger partial charge is 0.272 e. The number of nitrogens with zero attached hydrogens (tertiary/aromatic N) is 1. The minimum absolute atomic E-state index is 0.233. The summed E-state index contributed by atoms with van der Waals surface area (Å²) < 4.78 is 0. The zero-order chi connectivity index (χ0) is 15.1. The highest BCUT2D eigenvalue weighted by atomic mass is 16.6. The van der Waals surface area contributed by atoms with Gasteiger partial charge in [-0.25, -0.2) is 0 Å². The fraction of sp³-hybridized carbons (Fsp3) is 0.625. The highest BCUT2D eigenvalue weighted by Crippen LogP contribution is 2.24. The zero-order valence-corrected chi connectivity index (χ0v) is 13.0. The summed E-state index contributed by atoms with van der Waals surface area (Å²) in [5.74, 6) is 0.743. The summed E-state index contributed by atoms with van der Waals surface area (Å²) in [6.45, 7) is 9.15. The zero-order valence-electron chi connectivity index (χ0n) is 13.0. The van der Waals surface area contributed by atoms with Crippen LogP contribution in [0.2, 0.25) is 0 Å². The Bertz CT molecular complexity index is 438. The number of benzene rings is 1. The SMILES string of the molecule is CC.Cc1c(CC2CCC(C)CN2)cccc1[N+](=O)[O-]. The van der Waals surface area contributed by atoms with E-state index in [0.717, 1.165) is 36.4 Å². The maximum absolute atomic E-state index is 10.9. The summed E-state index contributed by atoms with van der Waals surface area (Å²) in [7, 11) is 0. The molecule has 0 bridgehead atoms. The number of nitro groups is 1. The summed E-state index contributed by atoms with van der Waals surface area (Å²) in [5, 5.41) is 14.4. The molecule has 0 amide bonds. The molecule has 1 saturated heterocycles. The van der Waals surface area contributed by atoms with Crippen LogP contribution in [0.25, 0.3) is 0 Å². The van der Waals surface area contributed by atoms with E-state index in [1.165, 1.54) is 6.42 Å². The van der Waals surface area contributed by atoms with Crippen LogP contribution < -0.4 is 5.32 Å². The lowest BCUT2D eigenvalue weighted by atomic mass is 9.91. The van der Waals surface area contributed by atoms with Crippen molar-refractivity contribution < 1.29 is 4.92 Å². The minimum atomic E-state index is -0.296. The van der Waals surface area contributed by atoms with Crippen LogP contribution in [0.15, 0.2) is 18.2 Å². The lowest BCUT2D eigenvalue weighted by molar-refractivity contribution is -0.385. The summed E-state index contributed by atoms with van der Waals surface area (Å²) in [6.07, 6.45) is 3.29. The Balaban J connectivity index is 0.000000956. The van der Waals surface area contributed by atoms with E-state index >= 15 is 0 Å². The number of piperidine rings is 1. The molecule has 4 heteroatoms. The first kappa shape index (κ1) is 16.6. The topological polar surface area (TPSA) is 55.2 Å².